The lowest BCUT2D eigenvalue weighted by molar-refractivity contribution is -0.214. The van der Waals surface area contributed by atoms with Gasteiger partial charge < -0.3 is 5.32 Å². The normalized spacial score (nSPS) is 18.9. The number of aryl methyl sites for hydroxylation is 3. The van der Waals surface area contributed by atoms with Crippen molar-refractivity contribution in [3.05, 3.63) is 58.7 Å². The van der Waals surface area contributed by atoms with Crippen molar-refractivity contribution in [3.63, 3.8) is 0 Å². The van der Waals surface area contributed by atoms with Gasteiger partial charge >= 0.3 is 6.18 Å². The molecule has 1 N–H and O–H groups in total. The van der Waals surface area contributed by atoms with E-state index in [1.54, 1.807) is 26.0 Å². The number of alkyl halides is 3. The number of imidazole rings is 1. The molecule has 0 bridgehead atoms. The lowest BCUT2D eigenvalue weighted by atomic mass is 10.0. The van der Waals surface area contributed by atoms with Crippen LogP contribution in [0.5, 0.6) is 0 Å². The van der Waals surface area contributed by atoms with Crippen LogP contribution in [0.4, 0.5) is 13.2 Å². The van der Waals surface area contributed by atoms with Crippen molar-refractivity contribution in [2.45, 2.75) is 39.0 Å². The molecule has 2 aromatic heterocycles. The fourth-order valence-electron chi connectivity index (χ4n) is 3.59. The molecule has 1 aromatic carbocycles. The quantitative estimate of drug-likeness (QED) is 0.715. The highest BCUT2D eigenvalue weighted by Gasteiger charge is 2.66. The Morgan fingerprint density at radius 3 is 2.48 bits per heavy atom. The van der Waals surface area contributed by atoms with E-state index in [-0.39, 0.29) is 16.9 Å². The molecule has 1 aliphatic rings. The van der Waals surface area contributed by atoms with E-state index in [2.05, 4.69) is 9.97 Å². The lowest BCUT2D eigenvalue weighted by Gasteiger charge is -2.33. The molecule has 1 amide bonds. The summed E-state index contributed by atoms with van der Waals surface area (Å²) in [6.07, 6.45) is -4.43. The van der Waals surface area contributed by atoms with Gasteiger partial charge in [0.25, 0.3) is 11.6 Å². The number of carbonyl (C=O) groups is 2. The average Bonchev–Trinajstić information content (AvgIpc) is 3.09. The topological polar surface area (TPSA) is 76.9 Å². The molecule has 0 saturated heterocycles. The summed E-state index contributed by atoms with van der Waals surface area (Å²) in [6, 6.07) is 6.10. The molecule has 4 rings (SSSR count). The van der Waals surface area contributed by atoms with Crippen molar-refractivity contribution in [3.8, 4) is 0 Å². The van der Waals surface area contributed by atoms with Crippen LogP contribution in [-0.4, -0.2) is 32.4 Å². The Morgan fingerprint density at radius 1 is 1.17 bits per heavy atom. The summed E-state index contributed by atoms with van der Waals surface area (Å²) in [6.45, 7) is 5.28. The number of nitrogens with zero attached hydrogens (tertiary/aromatic N) is 3. The number of amides is 1. The molecule has 0 aliphatic carbocycles. The third kappa shape index (κ3) is 2.72. The largest absolute Gasteiger partial charge is 0.438 e. The fourth-order valence-corrected chi connectivity index (χ4v) is 3.59. The molecule has 1 unspecified atom stereocenters. The van der Waals surface area contributed by atoms with Gasteiger partial charge in [0.2, 0.25) is 0 Å². The number of Topliss-reactive ketones (excluding diaryl/α,β-unsaturated/α-hetero) is 1. The molecule has 1 aliphatic heterocycles. The number of halogens is 3. The van der Waals surface area contributed by atoms with Crippen LogP contribution >= 0.6 is 0 Å². The van der Waals surface area contributed by atoms with Gasteiger partial charge in [-0.1, -0.05) is 0 Å². The second-order valence-electron chi connectivity index (χ2n) is 7.24. The summed E-state index contributed by atoms with van der Waals surface area (Å²) in [7, 11) is 0. The second kappa shape index (κ2) is 6.13. The van der Waals surface area contributed by atoms with E-state index in [9.17, 15) is 22.8 Å². The highest BCUT2D eigenvalue weighted by atomic mass is 19.4. The smallest absolute Gasteiger partial charge is 0.315 e. The van der Waals surface area contributed by atoms with Crippen molar-refractivity contribution >= 4 is 22.7 Å². The van der Waals surface area contributed by atoms with Crippen LogP contribution in [0.2, 0.25) is 0 Å². The summed E-state index contributed by atoms with van der Waals surface area (Å²) < 4.78 is 43.9. The molecule has 150 valence electrons. The van der Waals surface area contributed by atoms with E-state index in [1.165, 1.54) is 18.3 Å². The maximum Gasteiger partial charge on any atom is 0.438 e. The van der Waals surface area contributed by atoms with Gasteiger partial charge in [-0.15, -0.1) is 0 Å². The minimum absolute atomic E-state index is 0.0327. The van der Waals surface area contributed by atoms with Gasteiger partial charge in [-0.3, -0.25) is 19.1 Å². The van der Waals surface area contributed by atoms with Gasteiger partial charge in [-0.05, 0) is 56.2 Å². The predicted molar refractivity (Wildman–Crippen MR) is 98.4 cm³/mol. The minimum Gasteiger partial charge on any atom is -0.315 e. The SMILES string of the molecule is Cc1ccc(C(=O)NC2(C(F)(F)F)C(=O)Cc3nc4cc(C)c(C)cc4n32)cn1. The maximum atomic E-state index is 14.4. The Balaban J connectivity index is 1.92. The molecule has 0 radical (unpaired) electrons. The van der Waals surface area contributed by atoms with Crippen molar-refractivity contribution in [1.82, 2.24) is 19.9 Å². The van der Waals surface area contributed by atoms with E-state index in [4.69, 9.17) is 0 Å². The van der Waals surface area contributed by atoms with E-state index >= 15 is 0 Å². The van der Waals surface area contributed by atoms with Crippen molar-refractivity contribution in [2.75, 3.05) is 0 Å². The van der Waals surface area contributed by atoms with Crippen LogP contribution in [0, 0.1) is 20.8 Å². The first-order chi connectivity index (χ1) is 13.5. The van der Waals surface area contributed by atoms with Crippen molar-refractivity contribution in [2.24, 2.45) is 0 Å². The van der Waals surface area contributed by atoms with E-state index < -0.39 is 30.0 Å². The van der Waals surface area contributed by atoms with Gasteiger partial charge in [0.15, 0.2) is 5.78 Å². The molecule has 0 fully saturated rings. The number of hydrogen-bond donors (Lipinski definition) is 1. The van der Waals surface area contributed by atoms with Gasteiger partial charge in [0, 0.05) is 11.9 Å². The maximum absolute atomic E-state index is 14.4. The zero-order valence-electron chi connectivity index (χ0n) is 15.9. The second-order valence-corrected chi connectivity index (χ2v) is 7.24. The van der Waals surface area contributed by atoms with Gasteiger partial charge in [-0.2, -0.15) is 13.2 Å². The van der Waals surface area contributed by atoms with Crippen LogP contribution in [-0.2, 0) is 16.9 Å². The monoisotopic (exact) mass is 402 g/mol. The zero-order valence-corrected chi connectivity index (χ0v) is 15.9. The number of nitrogens with one attached hydrogen (secondary N) is 1. The number of pyridine rings is 1. The van der Waals surface area contributed by atoms with Crippen LogP contribution in [0.3, 0.4) is 0 Å². The zero-order chi connectivity index (χ0) is 21.1. The van der Waals surface area contributed by atoms with Gasteiger partial charge in [0.05, 0.1) is 23.0 Å². The number of rotatable bonds is 2. The van der Waals surface area contributed by atoms with Crippen LogP contribution in [0.25, 0.3) is 11.0 Å². The number of benzene rings is 1. The van der Waals surface area contributed by atoms with Crippen LogP contribution in [0.1, 0.15) is 33.0 Å². The van der Waals surface area contributed by atoms with E-state index in [1.807, 2.05) is 12.2 Å². The van der Waals surface area contributed by atoms with Gasteiger partial charge in [0.1, 0.15) is 5.82 Å². The average molecular weight is 402 g/mol. The summed E-state index contributed by atoms with van der Waals surface area (Å²) in [4.78, 5) is 33.5. The molecule has 29 heavy (non-hydrogen) atoms. The van der Waals surface area contributed by atoms with Crippen molar-refractivity contribution < 1.29 is 22.8 Å². The third-order valence-electron chi connectivity index (χ3n) is 5.28. The molecule has 3 aromatic rings. The number of fused-ring (bicyclic) bond motifs is 3. The van der Waals surface area contributed by atoms with Crippen LogP contribution < -0.4 is 5.32 Å². The standard InChI is InChI=1S/C20H17F3N4O2/c1-10-6-14-15(7-11(10)2)27-17(25-14)8-16(28)19(27,20(21,22)23)26-18(29)13-5-4-12(3)24-9-13/h4-7,9H,8H2,1-3H3,(H,26,29). The number of carbonyl (C=O) groups excluding carboxylic acids is 2. The Kier molecular flexibility index (Phi) is 4.04. The summed E-state index contributed by atoms with van der Waals surface area (Å²) in [5, 5.41) is 1.96. The van der Waals surface area contributed by atoms with Crippen molar-refractivity contribution in [1.29, 1.82) is 0 Å². The number of hydrogen-bond acceptors (Lipinski definition) is 4. The third-order valence-corrected chi connectivity index (χ3v) is 5.28. The van der Waals surface area contributed by atoms with E-state index in [0.717, 1.165) is 15.7 Å². The summed E-state index contributed by atoms with van der Waals surface area (Å²) >= 11 is 0. The fraction of sp³-hybridized carbons (Fsp3) is 0.300. The first-order valence-corrected chi connectivity index (χ1v) is 8.89. The number of aromatic nitrogens is 3. The minimum atomic E-state index is -5.07. The summed E-state index contributed by atoms with van der Waals surface area (Å²) in [5.74, 6) is -2.25. The predicted octanol–water partition coefficient (Wildman–Crippen LogP) is 3.13. The first-order valence-electron chi connectivity index (χ1n) is 8.89. The molecular formula is C20H17F3N4O2. The van der Waals surface area contributed by atoms with Gasteiger partial charge in [-0.25, -0.2) is 4.98 Å². The molecule has 0 spiro atoms. The Morgan fingerprint density at radius 2 is 1.86 bits per heavy atom. The molecule has 0 saturated carbocycles. The Hall–Kier alpha value is -3.23. The summed E-state index contributed by atoms with van der Waals surface area (Å²) in [5.41, 5.74) is -0.572. The molecular weight excluding hydrogens is 385 g/mol. The van der Waals surface area contributed by atoms with Crippen LogP contribution in [0.15, 0.2) is 30.5 Å². The molecule has 3 heterocycles. The first kappa shape index (κ1) is 19.1. The highest BCUT2D eigenvalue weighted by molar-refractivity contribution is 6.02. The Bertz CT molecular complexity index is 1170. The number of ketones is 1. The molecule has 9 heteroatoms. The lowest BCUT2D eigenvalue weighted by Crippen LogP contribution is -2.62. The molecule has 6 nitrogen and oxygen atoms in total. The Labute approximate surface area is 163 Å². The van der Waals surface area contributed by atoms with E-state index in [0.29, 0.717) is 11.2 Å². The highest BCUT2D eigenvalue weighted by Crippen LogP contribution is 2.43. The molecule has 1 atom stereocenters.